The lowest BCUT2D eigenvalue weighted by Gasteiger charge is -2.16. The number of alkyl halides is 1. The van der Waals surface area contributed by atoms with Gasteiger partial charge in [-0.1, -0.05) is 30.3 Å². The summed E-state index contributed by atoms with van der Waals surface area (Å²) < 4.78 is 40.5. The van der Waals surface area contributed by atoms with Gasteiger partial charge in [0.1, 0.15) is 10.7 Å². The third-order valence-electron chi connectivity index (χ3n) is 3.58. The molecule has 3 rings (SSSR count). The van der Waals surface area contributed by atoms with Crippen LogP contribution in [0.3, 0.4) is 0 Å². The molecule has 0 atom stereocenters. The van der Waals surface area contributed by atoms with E-state index in [0.29, 0.717) is 5.56 Å². The summed E-state index contributed by atoms with van der Waals surface area (Å²) in [5, 5.41) is 0. The number of hydrogen-bond acceptors (Lipinski definition) is 2. The smallest absolute Gasteiger partial charge is 0.207 e. The highest BCUT2D eigenvalue weighted by molar-refractivity contribution is 7.89. The normalized spacial score (nSPS) is 15.1. The molecule has 0 saturated carbocycles. The van der Waals surface area contributed by atoms with Crippen molar-refractivity contribution in [2.45, 2.75) is 23.9 Å². The number of fused-ring (bicyclic) bond motifs is 1. The van der Waals surface area contributed by atoms with E-state index in [1.165, 1.54) is 16.4 Å². The minimum absolute atomic E-state index is 0.142. The Balaban J connectivity index is 2.00. The van der Waals surface area contributed by atoms with Gasteiger partial charge in [-0.2, -0.15) is 4.31 Å². The second-order valence-electron chi connectivity index (χ2n) is 4.94. The molecule has 0 N–H and O–H groups in total. The lowest BCUT2D eigenvalue weighted by molar-refractivity contribution is 0.427. The molecule has 0 amide bonds. The molecule has 1 aliphatic heterocycles. The Morgan fingerprint density at radius 1 is 1.10 bits per heavy atom. The van der Waals surface area contributed by atoms with Crippen LogP contribution in [0.15, 0.2) is 47.4 Å². The molecule has 0 saturated heterocycles. The monoisotopic (exact) mass is 325 g/mol. The average Bonchev–Trinajstić information content (AvgIpc) is 2.92. The molecule has 0 bridgehead atoms. The highest BCUT2D eigenvalue weighted by Crippen LogP contribution is 2.30. The van der Waals surface area contributed by atoms with Crippen molar-refractivity contribution in [2.75, 3.05) is 0 Å². The maximum atomic E-state index is 13.9. The molecule has 0 spiro atoms. The van der Waals surface area contributed by atoms with E-state index >= 15 is 0 Å². The fourth-order valence-electron chi connectivity index (χ4n) is 2.44. The van der Waals surface area contributed by atoms with Crippen molar-refractivity contribution in [1.82, 2.24) is 4.31 Å². The van der Waals surface area contributed by atoms with Crippen LogP contribution in [0, 0.1) is 5.82 Å². The molecule has 0 radical (unpaired) electrons. The van der Waals surface area contributed by atoms with E-state index in [9.17, 15) is 12.8 Å². The van der Waals surface area contributed by atoms with Crippen molar-refractivity contribution in [1.29, 1.82) is 0 Å². The van der Waals surface area contributed by atoms with Crippen molar-refractivity contribution in [3.63, 3.8) is 0 Å². The molecular weight excluding hydrogens is 313 g/mol. The van der Waals surface area contributed by atoms with Crippen molar-refractivity contribution >= 4 is 21.6 Å². The van der Waals surface area contributed by atoms with Crippen LogP contribution in [0.2, 0.25) is 0 Å². The first-order valence-electron chi connectivity index (χ1n) is 6.43. The molecular formula is C15H13ClFNO2S. The zero-order valence-electron chi connectivity index (χ0n) is 11.1. The number of halogens is 2. The van der Waals surface area contributed by atoms with Crippen molar-refractivity contribution in [3.05, 3.63) is 65.0 Å². The molecule has 110 valence electrons. The third kappa shape index (κ3) is 2.57. The zero-order valence-corrected chi connectivity index (χ0v) is 12.7. The van der Waals surface area contributed by atoms with Crippen LogP contribution in [-0.4, -0.2) is 12.7 Å². The minimum atomic E-state index is -3.87. The topological polar surface area (TPSA) is 37.4 Å². The fourth-order valence-corrected chi connectivity index (χ4v) is 4.12. The molecule has 2 aromatic carbocycles. The van der Waals surface area contributed by atoms with Gasteiger partial charge < -0.3 is 0 Å². The van der Waals surface area contributed by atoms with Crippen LogP contribution >= 0.6 is 11.6 Å². The van der Waals surface area contributed by atoms with Crippen LogP contribution in [-0.2, 0) is 29.0 Å². The number of hydrogen-bond donors (Lipinski definition) is 0. The summed E-state index contributed by atoms with van der Waals surface area (Å²) in [5.41, 5.74) is 2.48. The summed E-state index contributed by atoms with van der Waals surface area (Å²) >= 11 is 5.70. The first kappa shape index (κ1) is 14.5. The van der Waals surface area contributed by atoms with E-state index in [-0.39, 0.29) is 23.9 Å². The lowest BCUT2D eigenvalue weighted by atomic mass is 10.1. The van der Waals surface area contributed by atoms with Crippen LogP contribution in [0.1, 0.15) is 16.7 Å². The zero-order chi connectivity index (χ0) is 15.0. The Hall–Kier alpha value is -1.43. The van der Waals surface area contributed by atoms with Gasteiger partial charge >= 0.3 is 0 Å². The standard InChI is InChI=1S/C15H13ClFNO2S/c16-8-11-5-6-14(17)15(7-11)21(19,20)18-9-12-3-1-2-4-13(12)10-18/h1-7H,8-10H2. The Morgan fingerprint density at radius 3 is 2.29 bits per heavy atom. The first-order chi connectivity index (χ1) is 10.0. The van der Waals surface area contributed by atoms with E-state index in [0.717, 1.165) is 17.2 Å². The predicted octanol–water partition coefficient (Wildman–Crippen LogP) is 3.27. The maximum absolute atomic E-state index is 13.9. The van der Waals surface area contributed by atoms with Gasteiger partial charge in [-0.05, 0) is 28.8 Å². The number of rotatable bonds is 3. The summed E-state index contributed by atoms with van der Waals surface area (Å²) in [5.74, 6) is -0.608. The van der Waals surface area contributed by atoms with Gasteiger partial charge in [0.15, 0.2) is 0 Å². The van der Waals surface area contributed by atoms with Crippen molar-refractivity contribution in [2.24, 2.45) is 0 Å². The average molecular weight is 326 g/mol. The Morgan fingerprint density at radius 2 is 1.71 bits per heavy atom. The minimum Gasteiger partial charge on any atom is -0.207 e. The van der Waals surface area contributed by atoms with E-state index < -0.39 is 15.8 Å². The van der Waals surface area contributed by atoms with Crippen LogP contribution in [0.5, 0.6) is 0 Å². The van der Waals surface area contributed by atoms with Gasteiger partial charge in [-0.3, -0.25) is 0 Å². The molecule has 0 fully saturated rings. The molecule has 6 heteroatoms. The molecule has 3 nitrogen and oxygen atoms in total. The molecule has 1 heterocycles. The van der Waals surface area contributed by atoms with Crippen LogP contribution in [0.25, 0.3) is 0 Å². The van der Waals surface area contributed by atoms with E-state index in [2.05, 4.69) is 0 Å². The number of sulfonamides is 1. The SMILES string of the molecule is O=S(=O)(c1cc(CCl)ccc1F)N1Cc2ccccc2C1. The quantitative estimate of drug-likeness (QED) is 0.812. The van der Waals surface area contributed by atoms with Crippen LogP contribution < -0.4 is 0 Å². The van der Waals surface area contributed by atoms with Gasteiger partial charge in [0, 0.05) is 19.0 Å². The molecule has 2 aromatic rings. The van der Waals surface area contributed by atoms with Crippen molar-refractivity contribution in [3.8, 4) is 0 Å². The Labute approximate surface area is 128 Å². The molecule has 0 aromatic heterocycles. The van der Waals surface area contributed by atoms with E-state index in [1.807, 2.05) is 24.3 Å². The van der Waals surface area contributed by atoms with E-state index in [4.69, 9.17) is 11.6 Å². The molecule has 0 aliphatic carbocycles. The Kier molecular flexibility index (Phi) is 3.73. The highest BCUT2D eigenvalue weighted by Gasteiger charge is 2.32. The fraction of sp³-hybridized carbons (Fsp3) is 0.200. The summed E-state index contributed by atoms with van der Waals surface area (Å²) in [6.45, 7) is 0.534. The van der Waals surface area contributed by atoms with Gasteiger partial charge in [0.2, 0.25) is 10.0 Å². The third-order valence-corrected chi connectivity index (χ3v) is 5.69. The molecule has 21 heavy (non-hydrogen) atoms. The van der Waals surface area contributed by atoms with Crippen LogP contribution in [0.4, 0.5) is 4.39 Å². The van der Waals surface area contributed by atoms with Gasteiger partial charge in [-0.25, -0.2) is 12.8 Å². The summed E-state index contributed by atoms with van der Waals surface area (Å²) in [7, 11) is -3.87. The molecule has 0 unspecified atom stereocenters. The van der Waals surface area contributed by atoms with E-state index in [1.54, 1.807) is 0 Å². The molecule has 1 aliphatic rings. The second kappa shape index (κ2) is 5.40. The summed E-state index contributed by atoms with van der Waals surface area (Å²) in [6.07, 6.45) is 0. The Bertz CT molecular complexity index is 767. The second-order valence-corrected chi connectivity index (χ2v) is 7.11. The van der Waals surface area contributed by atoms with Gasteiger partial charge in [-0.15, -0.1) is 11.6 Å². The van der Waals surface area contributed by atoms with Gasteiger partial charge in [0.05, 0.1) is 0 Å². The maximum Gasteiger partial charge on any atom is 0.246 e. The lowest BCUT2D eigenvalue weighted by Crippen LogP contribution is -2.26. The summed E-state index contributed by atoms with van der Waals surface area (Å²) in [4.78, 5) is -0.312. The largest absolute Gasteiger partial charge is 0.246 e. The first-order valence-corrected chi connectivity index (χ1v) is 8.41. The van der Waals surface area contributed by atoms with Gasteiger partial charge in [0.25, 0.3) is 0 Å². The highest BCUT2D eigenvalue weighted by atomic mass is 35.5. The number of benzene rings is 2. The number of nitrogens with zero attached hydrogens (tertiary/aromatic N) is 1. The van der Waals surface area contributed by atoms with Crippen molar-refractivity contribution < 1.29 is 12.8 Å². The summed E-state index contributed by atoms with van der Waals surface area (Å²) in [6, 6.07) is 11.4. The predicted molar refractivity (Wildman–Crippen MR) is 78.8 cm³/mol.